The number of alkyl halides is 3. The molecule has 0 aromatic heterocycles. The quantitative estimate of drug-likeness (QED) is 0.789. The minimum Gasteiger partial charge on any atom is -0.511 e. The smallest absolute Gasteiger partial charge is 0.416 e. The summed E-state index contributed by atoms with van der Waals surface area (Å²) in [6.45, 7) is 9.04. The van der Waals surface area contributed by atoms with Crippen LogP contribution in [0.1, 0.15) is 26.3 Å². The molecule has 0 saturated carbocycles. The molecule has 0 aliphatic rings. The Bertz CT molecular complexity index is 460. The molecule has 106 valence electrons. The maximum atomic E-state index is 12.6. The lowest BCUT2D eigenvalue weighted by atomic mass is 9.85. The van der Waals surface area contributed by atoms with Crippen LogP contribution in [0.3, 0.4) is 0 Å². The fourth-order valence-corrected chi connectivity index (χ4v) is 1.75. The maximum Gasteiger partial charge on any atom is 0.416 e. The van der Waals surface area contributed by atoms with E-state index in [2.05, 4.69) is 11.9 Å². The molecule has 0 saturated heterocycles. The molecule has 5 heteroatoms. The van der Waals surface area contributed by atoms with Crippen LogP contribution in [0.5, 0.6) is 0 Å². The van der Waals surface area contributed by atoms with Crippen molar-refractivity contribution in [3.8, 4) is 0 Å². The van der Waals surface area contributed by atoms with Gasteiger partial charge < -0.3 is 10.4 Å². The van der Waals surface area contributed by atoms with E-state index in [9.17, 15) is 18.3 Å². The lowest BCUT2D eigenvalue weighted by molar-refractivity contribution is -0.137. The minimum atomic E-state index is -4.38. The van der Waals surface area contributed by atoms with Gasteiger partial charge in [0.05, 0.1) is 11.6 Å². The molecule has 19 heavy (non-hydrogen) atoms. The summed E-state index contributed by atoms with van der Waals surface area (Å²) in [6, 6.07) is 4.34. The molecule has 0 aliphatic heterocycles. The van der Waals surface area contributed by atoms with Crippen LogP contribution in [-0.4, -0.2) is 11.1 Å². The van der Waals surface area contributed by atoms with Crippen molar-refractivity contribution in [1.82, 2.24) is 0 Å². The van der Waals surface area contributed by atoms with E-state index in [4.69, 9.17) is 0 Å². The zero-order valence-corrected chi connectivity index (χ0v) is 11.2. The summed E-state index contributed by atoms with van der Waals surface area (Å²) in [5, 5.41) is 12.4. The topological polar surface area (TPSA) is 32.3 Å². The average Bonchev–Trinajstić information content (AvgIpc) is 2.23. The van der Waals surface area contributed by atoms with Crippen molar-refractivity contribution in [2.45, 2.75) is 33.0 Å². The van der Waals surface area contributed by atoms with Gasteiger partial charge in [-0.25, -0.2) is 0 Å². The van der Waals surface area contributed by atoms with E-state index < -0.39 is 17.8 Å². The SMILES string of the molecule is C=C(O)[C@@H](Nc1cccc(C(F)(F)F)c1)C(C)(C)C. The number of aliphatic hydroxyl groups excluding tert-OH is 1. The zero-order valence-electron chi connectivity index (χ0n) is 11.2. The van der Waals surface area contributed by atoms with E-state index in [1.807, 2.05) is 20.8 Å². The van der Waals surface area contributed by atoms with Crippen molar-refractivity contribution in [3.05, 3.63) is 42.2 Å². The number of hydrogen-bond donors (Lipinski definition) is 2. The molecule has 1 rings (SSSR count). The summed E-state index contributed by atoms with van der Waals surface area (Å²) in [7, 11) is 0. The Balaban J connectivity index is 3.02. The number of anilines is 1. The molecule has 0 bridgehead atoms. The zero-order chi connectivity index (χ0) is 14.8. The van der Waals surface area contributed by atoms with Gasteiger partial charge in [-0.15, -0.1) is 0 Å². The minimum absolute atomic E-state index is 0.107. The predicted octanol–water partition coefficient (Wildman–Crippen LogP) is 4.60. The fraction of sp³-hybridized carbons (Fsp3) is 0.429. The largest absolute Gasteiger partial charge is 0.511 e. The van der Waals surface area contributed by atoms with Gasteiger partial charge >= 0.3 is 6.18 Å². The second-order valence-electron chi connectivity index (χ2n) is 5.51. The summed E-state index contributed by atoms with van der Waals surface area (Å²) in [5.41, 5.74) is -0.807. The fourth-order valence-electron chi connectivity index (χ4n) is 1.75. The number of rotatable bonds is 3. The van der Waals surface area contributed by atoms with Crippen LogP contribution in [0, 0.1) is 5.41 Å². The molecule has 1 aromatic carbocycles. The van der Waals surface area contributed by atoms with Crippen molar-refractivity contribution in [2.75, 3.05) is 5.32 Å². The van der Waals surface area contributed by atoms with Gasteiger partial charge in [0.1, 0.15) is 5.76 Å². The molecule has 1 atom stereocenters. The first-order valence-corrected chi connectivity index (χ1v) is 5.83. The van der Waals surface area contributed by atoms with Gasteiger partial charge in [-0.1, -0.05) is 33.4 Å². The Hall–Kier alpha value is -1.65. The van der Waals surface area contributed by atoms with Crippen molar-refractivity contribution in [1.29, 1.82) is 0 Å². The van der Waals surface area contributed by atoms with Crippen LogP contribution in [0.25, 0.3) is 0 Å². The first kappa shape index (κ1) is 15.4. The van der Waals surface area contributed by atoms with Crippen molar-refractivity contribution in [3.63, 3.8) is 0 Å². The van der Waals surface area contributed by atoms with Crippen LogP contribution in [0.2, 0.25) is 0 Å². The molecule has 0 amide bonds. The Morgan fingerprint density at radius 1 is 1.26 bits per heavy atom. The Labute approximate surface area is 111 Å². The van der Waals surface area contributed by atoms with Gasteiger partial charge in [0.2, 0.25) is 0 Å². The molecule has 1 aromatic rings. The molecule has 2 N–H and O–H groups in total. The molecule has 2 nitrogen and oxygen atoms in total. The van der Waals surface area contributed by atoms with Gasteiger partial charge in [-0.05, 0) is 23.6 Å². The third kappa shape index (κ3) is 4.19. The number of benzene rings is 1. The molecular formula is C14H18F3NO. The van der Waals surface area contributed by atoms with Gasteiger partial charge in [-0.3, -0.25) is 0 Å². The molecule has 0 radical (unpaired) electrons. The second kappa shape index (κ2) is 5.15. The van der Waals surface area contributed by atoms with Crippen molar-refractivity contribution >= 4 is 5.69 Å². The molecule has 0 spiro atoms. The van der Waals surface area contributed by atoms with Gasteiger partial charge in [0.15, 0.2) is 0 Å². The summed E-state index contributed by atoms with van der Waals surface area (Å²) >= 11 is 0. The summed E-state index contributed by atoms with van der Waals surface area (Å²) in [6.07, 6.45) is -4.38. The first-order valence-electron chi connectivity index (χ1n) is 5.83. The average molecular weight is 273 g/mol. The Morgan fingerprint density at radius 3 is 2.26 bits per heavy atom. The highest BCUT2D eigenvalue weighted by molar-refractivity contribution is 5.48. The van der Waals surface area contributed by atoms with Crippen LogP contribution in [-0.2, 0) is 6.18 Å². The summed E-state index contributed by atoms with van der Waals surface area (Å²) < 4.78 is 37.8. The molecule has 0 aliphatic carbocycles. The molecule has 0 heterocycles. The van der Waals surface area contributed by atoms with E-state index in [1.54, 1.807) is 0 Å². The number of aliphatic hydroxyl groups is 1. The maximum absolute atomic E-state index is 12.6. The third-order valence-corrected chi connectivity index (χ3v) is 2.70. The van der Waals surface area contributed by atoms with Crippen LogP contribution >= 0.6 is 0 Å². The highest BCUT2D eigenvalue weighted by Gasteiger charge is 2.31. The van der Waals surface area contributed by atoms with Gasteiger partial charge in [-0.2, -0.15) is 13.2 Å². The van der Waals surface area contributed by atoms with E-state index in [0.717, 1.165) is 12.1 Å². The summed E-state index contributed by atoms with van der Waals surface area (Å²) in [4.78, 5) is 0. The first-order chi connectivity index (χ1) is 8.51. The summed E-state index contributed by atoms with van der Waals surface area (Å²) in [5.74, 6) is -0.107. The Morgan fingerprint density at radius 2 is 1.84 bits per heavy atom. The standard InChI is InChI=1S/C14H18F3NO/c1-9(19)12(13(2,3)4)18-11-7-5-6-10(8-11)14(15,16)17/h5-8,12,18-19H,1H2,2-4H3/t12-/m1/s1. The number of halogens is 3. The van der Waals surface area contributed by atoms with Gasteiger partial charge in [0.25, 0.3) is 0 Å². The van der Waals surface area contributed by atoms with Crippen molar-refractivity contribution in [2.24, 2.45) is 5.41 Å². The van der Waals surface area contributed by atoms with Crippen LogP contribution in [0.4, 0.5) is 18.9 Å². The highest BCUT2D eigenvalue weighted by Crippen LogP contribution is 2.32. The van der Waals surface area contributed by atoms with Gasteiger partial charge in [0, 0.05) is 5.69 Å². The lowest BCUT2D eigenvalue weighted by Gasteiger charge is -2.31. The second-order valence-corrected chi connectivity index (χ2v) is 5.51. The van der Waals surface area contributed by atoms with Crippen LogP contribution < -0.4 is 5.32 Å². The molecule has 0 fully saturated rings. The molecule has 0 unspecified atom stereocenters. The van der Waals surface area contributed by atoms with Crippen molar-refractivity contribution < 1.29 is 18.3 Å². The van der Waals surface area contributed by atoms with E-state index in [1.165, 1.54) is 12.1 Å². The van der Waals surface area contributed by atoms with E-state index >= 15 is 0 Å². The number of hydrogen-bond acceptors (Lipinski definition) is 2. The third-order valence-electron chi connectivity index (χ3n) is 2.70. The molecular weight excluding hydrogens is 255 g/mol. The predicted molar refractivity (Wildman–Crippen MR) is 70.1 cm³/mol. The highest BCUT2D eigenvalue weighted by atomic mass is 19.4. The monoisotopic (exact) mass is 273 g/mol. The van der Waals surface area contributed by atoms with E-state index in [0.29, 0.717) is 5.69 Å². The van der Waals surface area contributed by atoms with E-state index in [-0.39, 0.29) is 11.2 Å². The lowest BCUT2D eigenvalue weighted by Crippen LogP contribution is -2.35. The number of nitrogens with one attached hydrogen (secondary N) is 1. The Kier molecular flexibility index (Phi) is 4.18. The normalized spacial score (nSPS) is 14.0. The van der Waals surface area contributed by atoms with Crippen LogP contribution in [0.15, 0.2) is 36.6 Å².